The van der Waals surface area contributed by atoms with Gasteiger partial charge >= 0.3 is 0 Å². The Balaban J connectivity index is 2.01. The zero-order valence-corrected chi connectivity index (χ0v) is 7.72. The summed E-state index contributed by atoms with van der Waals surface area (Å²) < 4.78 is 14.2. The summed E-state index contributed by atoms with van der Waals surface area (Å²) in [6, 6.07) is 2.39. The molecule has 1 nitrogen and oxygen atoms in total. The second kappa shape index (κ2) is 2.08. The largest absolute Gasteiger partial charge is 0.244 e. The Kier molecular flexibility index (Phi) is 1.25. The number of halogens is 1. The number of alkyl halides is 1. The maximum absolute atomic E-state index is 14.2. The minimum Gasteiger partial charge on any atom is -0.244 e. The first-order valence-corrected chi connectivity index (χ1v) is 5.23. The minimum atomic E-state index is -0.959. The van der Waals surface area contributed by atoms with Crippen LogP contribution in [0.1, 0.15) is 38.5 Å². The van der Waals surface area contributed by atoms with Crippen LogP contribution in [0, 0.1) is 28.6 Å². The Morgan fingerprint density at radius 1 is 1.15 bits per heavy atom. The molecular formula is C11H14FN. The average molecular weight is 179 g/mol. The van der Waals surface area contributed by atoms with Crippen molar-refractivity contribution in [1.29, 1.82) is 5.26 Å². The molecule has 0 aliphatic heterocycles. The van der Waals surface area contributed by atoms with Crippen LogP contribution < -0.4 is 0 Å². The lowest BCUT2D eigenvalue weighted by Gasteiger charge is -2.56. The van der Waals surface area contributed by atoms with Crippen molar-refractivity contribution in [3.05, 3.63) is 0 Å². The number of hydrogen-bond acceptors (Lipinski definition) is 1. The van der Waals surface area contributed by atoms with Gasteiger partial charge in [-0.25, -0.2) is 4.39 Å². The molecule has 0 saturated heterocycles. The third-order valence-electron chi connectivity index (χ3n) is 4.23. The van der Waals surface area contributed by atoms with Crippen LogP contribution in [0.5, 0.6) is 0 Å². The quantitative estimate of drug-likeness (QED) is 0.561. The van der Waals surface area contributed by atoms with Crippen molar-refractivity contribution in [2.24, 2.45) is 17.3 Å². The molecule has 70 valence electrons. The Bertz CT molecular complexity index is 277. The number of nitriles is 1. The highest BCUT2D eigenvalue weighted by atomic mass is 19.1. The molecular weight excluding hydrogens is 165 g/mol. The Morgan fingerprint density at radius 3 is 2.23 bits per heavy atom. The molecule has 0 radical (unpaired) electrons. The number of hydrogen-bond donors (Lipinski definition) is 0. The molecule has 4 aliphatic rings. The van der Waals surface area contributed by atoms with E-state index in [1.807, 2.05) is 0 Å². The second-order valence-electron chi connectivity index (χ2n) is 5.50. The Morgan fingerprint density at radius 2 is 1.77 bits per heavy atom. The van der Waals surface area contributed by atoms with Gasteiger partial charge in [0.1, 0.15) is 5.67 Å². The van der Waals surface area contributed by atoms with E-state index in [2.05, 4.69) is 6.07 Å². The van der Waals surface area contributed by atoms with E-state index in [0.717, 1.165) is 25.7 Å². The molecule has 2 atom stereocenters. The molecule has 4 rings (SSSR count). The summed E-state index contributed by atoms with van der Waals surface area (Å²) in [5.41, 5.74) is -1.22. The van der Waals surface area contributed by atoms with Gasteiger partial charge in [0.15, 0.2) is 0 Å². The molecule has 0 heterocycles. The minimum absolute atomic E-state index is 0.265. The van der Waals surface area contributed by atoms with Crippen molar-refractivity contribution < 1.29 is 4.39 Å². The summed E-state index contributed by atoms with van der Waals surface area (Å²) >= 11 is 0. The van der Waals surface area contributed by atoms with E-state index in [0.29, 0.717) is 18.3 Å². The van der Waals surface area contributed by atoms with E-state index in [9.17, 15) is 4.39 Å². The second-order valence-corrected chi connectivity index (χ2v) is 5.50. The zero-order chi connectivity index (χ0) is 9.10. The fraction of sp³-hybridized carbons (Fsp3) is 0.909. The molecule has 4 bridgehead atoms. The van der Waals surface area contributed by atoms with Gasteiger partial charge in [0.2, 0.25) is 0 Å². The summed E-state index contributed by atoms with van der Waals surface area (Å²) in [4.78, 5) is 0. The molecule has 4 fully saturated rings. The average Bonchev–Trinajstić information content (AvgIpc) is 1.99. The van der Waals surface area contributed by atoms with Gasteiger partial charge in [-0.05, 0) is 43.9 Å². The molecule has 0 amide bonds. The van der Waals surface area contributed by atoms with Crippen molar-refractivity contribution in [3.8, 4) is 6.07 Å². The highest BCUT2D eigenvalue weighted by Crippen LogP contribution is 2.62. The SMILES string of the molecule is N#CC12CC3CC(CC(F)(C3)C1)C2. The molecule has 4 saturated carbocycles. The molecule has 4 aliphatic carbocycles. The van der Waals surface area contributed by atoms with Gasteiger partial charge in [-0.3, -0.25) is 0 Å². The lowest BCUT2D eigenvalue weighted by molar-refractivity contribution is -0.0998. The van der Waals surface area contributed by atoms with Crippen molar-refractivity contribution in [1.82, 2.24) is 0 Å². The molecule has 0 aromatic rings. The molecule has 13 heavy (non-hydrogen) atoms. The van der Waals surface area contributed by atoms with Gasteiger partial charge in [0.25, 0.3) is 0 Å². The van der Waals surface area contributed by atoms with Crippen LogP contribution in [-0.2, 0) is 0 Å². The third-order valence-corrected chi connectivity index (χ3v) is 4.23. The lowest BCUT2D eigenvalue weighted by Crippen LogP contribution is -2.52. The van der Waals surface area contributed by atoms with Crippen molar-refractivity contribution in [2.75, 3.05) is 0 Å². The first-order valence-electron chi connectivity index (χ1n) is 5.23. The maximum Gasteiger partial charge on any atom is 0.113 e. The first-order chi connectivity index (χ1) is 6.13. The van der Waals surface area contributed by atoms with E-state index in [4.69, 9.17) is 5.26 Å². The van der Waals surface area contributed by atoms with E-state index >= 15 is 0 Å². The van der Waals surface area contributed by atoms with Crippen LogP contribution in [0.25, 0.3) is 0 Å². The van der Waals surface area contributed by atoms with E-state index in [1.165, 1.54) is 6.42 Å². The van der Waals surface area contributed by atoms with Gasteiger partial charge in [0, 0.05) is 6.42 Å². The Hall–Kier alpha value is -0.580. The summed E-state index contributed by atoms with van der Waals surface area (Å²) in [6.07, 6.45) is 5.16. The summed E-state index contributed by atoms with van der Waals surface area (Å²) in [6.45, 7) is 0. The smallest absolute Gasteiger partial charge is 0.113 e. The van der Waals surface area contributed by atoms with Gasteiger partial charge in [-0.2, -0.15) is 5.26 Å². The van der Waals surface area contributed by atoms with Gasteiger partial charge in [-0.1, -0.05) is 0 Å². The molecule has 0 aromatic heterocycles. The molecule has 0 aromatic carbocycles. The van der Waals surface area contributed by atoms with E-state index in [1.54, 1.807) is 0 Å². The zero-order valence-electron chi connectivity index (χ0n) is 7.72. The van der Waals surface area contributed by atoms with Crippen molar-refractivity contribution in [3.63, 3.8) is 0 Å². The van der Waals surface area contributed by atoms with Crippen molar-refractivity contribution >= 4 is 0 Å². The molecule has 2 unspecified atom stereocenters. The predicted molar refractivity (Wildman–Crippen MR) is 46.6 cm³/mol. The fourth-order valence-electron chi connectivity index (χ4n) is 4.28. The first kappa shape index (κ1) is 7.79. The lowest BCUT2D eigenvalue weighted by atomic mass is 9.49. The number of rotatable bonds is 0. The normalized spacial score (nSPS) is 57.8. The number of nitrogens with zero attached hydrogens (tertiary/aromatic N) is 1. The topological polar surface area (TPSA) is 23.8 Å². The van der Waals surface area contributed by atoms with Gasteiger partial charge in [0.05, 0.1) is 11.5 Å². The highest BCUT2D eigenvalue weighted by Gasteiger charge is 2.58. The van der Waals surface area contributed by atoms with E-state index < -0.39 is 5.67 Å². The third kappa shape index (κ3) is 0.964. The maximum atomic E-state index is 14.2. The highest BCUT2D eigenvalue weighted by molar-refractivity contribution is 5.15. The monoisotopic (exact) mass is 179 g/mol. The van der Waals surface area contributed by atoms with E-state index in [-0.39, 0.29) is 5.41 Å². The van der Waals surface area contributed by atoms with Gasteiger partial charge in [-0.15, -0.1) is 0 Å². The predicted octanol–water partition coefficient (Wildman–Crippen LogP) is 2.82. The van der Waals surface area contributed by atoms with Crippen LogP contribution in [0.3, 0.4) is 0 Å². The van der Waals surface area contributed by atoms with Crippen LogP contribution in [-0.4, -0.2) is 5.67 Å². The standard InChI is InChI=1S/C11H14FN/c12-11-4-8-1-9(5-11)3-10(2-8,6-11)7-13/h8-9H,1-6H2. The van der Waals surface area contributed by atoms with Crippen LogP contribution in [0.2, 0.25) is 0 Å². The van der Waals surface area contributed by atoms with Crippen molar-refractivity contribution in [2.45, 2.75) is 44.2 Å². The summed E-state index contributed by atoms with van der Waals surface area (Å²) in [5, 5.41) is 9.13. The molecule has 0 spiro atoms. The van der Waals surface area contributed by atoms with Gasteiger partial charge < -0.3 is 0 Å². The van der Waals surface area contributed by atoms with Crippen LogP contribution in [0.15, 0.2) is 0 Å². The molecule has 0 N–H and O–H groups in total. The fourth-order valence-corrected chi connectivity index (χ4v) is 4.28. The Labute approximate surface area is 77.9 Å². The van der Waals surface area contributed by atoms with Crippen LogP contribution in [0.4, 0.5) is 4.39 Å². The summed E-state index contributed by atoms with van der Waals surface area (Å²) in [7, 11) is 0. The summed E-state index contributed by atoms with van der Waals surface area (Å²) in [5.74, 6) is 1.04. The van der Waals surface area contributed by atoms with Crippen LogP contribution >= 0.6 is 0 Å². The molecule has 2 heteroatoms.